The third-order valence-electron chi connectivity index (χ3n) is 6.13. The number of fused-ring (bicyclic) bond motifs is 3. The van der Waals surface area contributed by atoms with E-state index in [0.29, 0.717) is 5.92 Å². The van der Waals surface area contributed by atoms with E-state index in [-0.39, 0.29) is 6.10 Å². The highest BCUT2D eigenvalue weighted by Gasteiger charge is 2.35. The minimum absolute atomic E-state index is 0.266. The smallest absolute Gasteiger partial charge is 0.208 e. The molecule has 0 amide bonds. The van der Waals surface area contributed by atoms with Crippen LogP contribution >= 0.6 is 0 Å². The lowest BCUT2D eigenvalue weighted by atomic mass is 10.1. The fourth-order valence-corrected chi connectivity index (χ4v) is 4.58. The summed E-state index contributed by atoms with van der Waals surface area (Å²) >= 11 is 0. The number of aromatic nitrogens is 5. The maximum atomic E-state index is 9.44. The average Bonchev–Trinajstić information content (AvgIpc) is 3.15. The minimum atomic E-state index is 0.266. The Kier molecular flexibility index (Phi) is 3.71. The maximum absolute atomic E-state index is 9.44. The molecule has 1 unspecified atom stereocenters. The highest BCUT2D eigenvalue weighted by Crippen LogP contribution is 2.45. The van der Waals surface area contributed by atoms with Gasteiger partial charge >= 0.3 is 0 Å². The van der Waals surface area contributed by atoms with E-state index < -0.39 is 0 Å². The molecular weight excluding hydrogens is 366 g/mol. The van der Waals surface area contributed by atoms with E-state index in [1.165, 1.54) is 10.4 Å². The van der Waals surface area contributed by atoms with Crippen LogP contribution in [0.4, 0.5) is 5.69 Å². The lowest BCUT2D eigenvalue weighted by Crippen LogP contribution is -2.35. The largest absolute Gasteiger partial charge is 0.376 e. The zero-order valence-electron chi connectivity index (χ0n) is 16.0. The molecule has 0 bridgehead atoms. The molecule has 1 saturated carbocycles. The van der Waals surface area contributed by atoms with Crippen LogP contribution in [0.3, 0.4) is 0 Å². The van der Waals surface area contributed by atoms with Gasteiger partial charge < -0.3 is 9.64 Å². The second-order valence-electron chi connectivity index (χ2n) is 8.02. The molecule has 1 atom stereocenters. The molecule has 0 spiro atoms. The number of hydrogen-bond donors (Lipinski definition) is 0. The molecule has 4 heterocycles. The first kappa shape index (κ1) is 16.7. The van der Waals surface area contributed by atoms with Crippen LogP contribution in [0.1, 0.15) is 43.0 Å². The fourth-order valence-electron chi connectivity index (χ4n) is 4.58. The summed E-state index contributed by atoms with van der Waals surface area (Å²) in [6.45, 7) is 2.45. The van der Waals surface area contributed by atoms with Crippen molar-refractivity contribution in [2.24, 2.45) is 0 Å². The second-order valence-corrected chi connectivity index (χ2v) is 8.02. The Labute approximate surface area is 168 Å². The number of benzene rings is 1. The van der Waals surface area contributed by atoms with Crippen LogP contribution in [0, 0.1) is 11.5 Å². The van der Waals surface area contributed by atoms with Crippen LogP contribution in [-0.4, -0.2) is 43.8 Å². The van der Waals surface area contributed by atoms with Crippen LogP contribution in [0.5, 0.6) is 0 Å². The highest BCUT2D eigenvalue weighted by atomic mass is 16.5. The molecule has 8 nitrogen and oxygen atoms in total. The first-order valence-corrected chi connectivity index (χ1v) is 10.2. The molecule has 2 aliphatic heterocycles. The van der Waals surface area contributed by atoms with Crippen molar-refractivity contribution < 1.29 is 4.74 Å². The van der Waals surface area contributed by atoms with Gasteiger partial charge in [0.15, 0.2) is 0 Å². The van der Waals surface area contributed by atoms with Gasteiger partial charge in [0, 0.05) is 19.1 Å². The molecule has 0 N–H and O–H groups in total. The van der Waals surface area contributed by atoms with Gasteiger partial charge in [-0.2, -0.15) is 5.26 Å². The van der Waals surface area contributed by atoms with Crippen molar-refractivity contribution in [3.63, 3.8) is 0 Å². The average molecular weight is 387 g/mol. The van der Waals surface area contributed by atoms with E-state index in [9.17, 15) is 5.26 Å². The summed E-state index contributed by atoms with van der Waals surface area (Å²) in [5, 5.41) is 17.9. The van der Waals surface area contributed by atoms with Crippen molar-refractivity contribution >= 4 is 5.69 Å². The Morgan fingerprint density at radius 2 is 2.00 bits per heavy atom. The second kappa shape index (κ2) is 6.42. The van der Waals surface area contributed by atoms with Crippen LogP contribution in [-0.2, 0) is 11.3 Å². The number of rotatable bonds is 4. The number of para-hydroxylation sites is 2. The molecule has 3 aromatic rings. The molecule has 6 rings (SSSR count). The zero-order valence-corrected chi connectivity index (χ0v) is 16.0. The van der Waals surface area contributed by atoms with Gasteiger partial charge in [0.2, 0.25) is 6.19 Å². The molecule has 2 aromatic heterocycles. The summed E-state index contributed by atoms with van der Waals surface area (Å²) in [6, 6.07) is 8.42. The van der Waals surface area contributed by atoms with Gasteiger partial charge in [-0.15, -0.1) is 9.78 Å². The third-order valence-corrected chi connectivity index (χ3v) is 6.13. The molecule has 1 saturated heterocycles. The van der Waals surface area contributed by atoms with Crippen molar-refractivity contribution in [2.75, 3.05) is 18.1 Å². The lowest BCUT2D eigenvalue weighted by molar-refractivity contribution is 0.115. The molecule has 146 valence electrons. The Morgan fingerprint density at radius 1 is 1.14 bits per heavy atom. The summed E-state index contributed by atoms with van der Waals surface area (Å²) in [6.07, 6.45) is 8.66. The first-order valence-electron chi connectivity index (χ1n) is 10.2. The molecule has 3 aliphatic rings. The standard InChI is InChI=1S/C21H21N7O/c22-12-28-21(14-7-8-14)20(24-25-28)19-18-11-26(10-15-4-3-9-29-15)16-5-1-2-6-17(16)27(18)13-23-19/h1-2,5-6,13-15H,3-4,7-11H2. The molecule has 1 aromatic carbocycles. The number of ether oxygens (including phenoxy) is 1. The number of hydrogen-bond acceptors (Lipinski definition) is 6. The Morgan fingerprint density at radius 3 is 2.76 bits per heavy atom. The molecule has 8 heteroatoms. The zero-order chi connectivity index (χ0) is 19.4. The molecule has 0 radical (unpaired) electrons. The first-order chi connectivity index (χ1) is 14.3. The summed E-state index contributed by atoms with van der Waals surface area (Å²) in [4.78, 5) is 7.12. The summed E-state index contributed by atoms with van der Waals surface area (Å²) in [5.74, 6) is 0.357. The number of anilines is 1. The minimum Gasteiger partial charge on any atom is -0.376 e. The molecule has 1 aliphatic carbocycles. The van der Waals surface area contributed by atoms with E-state index in [1.807, 2.05) is 6.33 Å². The Hall–Kier alpha value is -3.18. The van der Waals surface area contributed by atoms with Crippen molar-refractivity contribution in [3.05, 3.63) is 42.0 Å². The van der Waals surface area contributed by atoms with Crippen molar-refractivity contribution in [2.45, 2.75) is 44.2 Å². The van der Waals surface area contributed by atoms with Crippen molar-refractivity contribution in [3.8, 4) is 23.3 Å². The summed E-state index contributed by atoms with van der Waals surface area (Å²) in [5.41, 5.74) is 5.89. The predicted molar refractivity (Wildman–Crippen MR) is 106 cm³/mol. The van der Waals surface area contributed by atoms with Gasteiger partial charge in [-0.1, -0.05) is 17.3 Å². The van der Waals surface area contributed by atoms with Gasteiger partial charge in [-0.3, -0.25) is 4.57 Å². The Balaban J connectivity index is 1.45. The Bertz CT molecular complexity index is 1110. The van der Waals surface area contributed by atoms with Gasteiger partial charge in [0.1, 0.15) is 17.7 Å². The molecule has 2 fully saturated rings. The van der Waals surface area contributed by atoms with Gasteiger partial charge in [-0.05, 0) is 37.8 Å². The van der Waals surface area contributed by atoms with Crippen molar-refractivity contribution in [1.29, 1.82) is 5.26 Å². The van der Waals surface area contributed by atoms with Crippen LogP contribution in [0.2, 0.25) is 0 Å². The molecular formula is C21H21N7O. The quantitative estimate of drug-likeness (QED) is 0.684. The van der Waals surface area contributed by atoms with Crippen LogP contribution < -0.4 is 4.90 Å². The fraction of sp³-hybridized carbons (Fsp3) is 0.429. The van der Waals surface area contributed by atoms with E-state index >= 15 is 0 Å². The highest BCUT2D eigenvalue weighted by molar-refractivity contribution is 5.71. The van der Waals surface area contributed by atoms with E-state index in [1.54, 1.807) is 0 Å². The number of nitrogens with zero attached hydrogens (tertiary/aromatic N) is 7. The lowest BCUT2D eigenvalue weighted by Gasteiger charge is -2.34. The number of imidazole rings is 1. The number of nitriles is 1. The monoisotopic (exact) mass is 387 g/mol. The van der Waals surface area contributed by atoms with Crippen LogP contribution in [0.25, 0.3) is 17.1 Å². The van der Waals surface area contributed by atoms with Gasteiger partial charge in [-0.25, -0.2) is 4.98 Å². The van der Waals surface area contributed by atoms with Crippen LogP contribution in [0.15, 0.2) is 30.6 Å². The van der Waals surface area contributed by atoms with Gasteiger partial charge in [0.05, 0.1) is 35.4 Å². The predicted octanol–water partition coefficient (Wildman–Crippen LogP) is 2.84. The van der Waals surface area contributed by atoms with Gasteiger partial charge in [0.25, 0.3) is 0 Å². The summed E-state index contributed by atoms with van der Waals surface area (Å²) in [7, 11) is 0. The van der Waals surface area contributed by atoms with E-state index in [4.69, 9.17) is 9.72 Å². The van der Waals surface area contributed by atoms with Crippen molar-refractivity contribution in [1.82, 2.24) is 24.5 Å². The molecule has 29 heavy (non-hydrogen) atoms. The van der Waals surface area contributed by atoms with E-state index in [2.05, 4.69) is 50.2 Å². The normalized spacial score (nSPS) is 20.4. The third kappa shape index (κ3) is 2.65. The van der Waals surface area contributed by atoms with E-state index in [0.717, 1.165) is 73.8 Å². The topological polar surface area (TPSA) is 84.8 Å². The maximum Gasteiger partial charge on any atom is 0.208 e. The summed E-state index contributed by atoms with van der Waals surface area (Å²) < 4.78 is 9.42. The SMILES string of the molecule is N#Cn1nnc(-c2ncn3c2CN(CC2CCCO2)c2ccccc2-3)c1C1CC1.